The van der Waals surface area contributed by atoms with Crippen LogP contribution in [-0.4, -0.2) is 36.3 Å². The lowest BCUT2D eigenvalue weighted by Gasteiger charge is -2.14. The fraction of sp³-hybridized carbons (Fsp3) is 0.857. The molecule has 15 heavy (non-hydrogen) atoms. The van der Waals surface area contributed by atoms with E-state index in [4.69, 9.17) is 5.11 Å². The second-order valence-corrected chi connectivity index (χ2v) is 2.91. The first-order valence-electron chi connectivity index (χ1n) is 3.98. The number of nitrogens with one attached hydrogen (secondary N) is 1. The molecule has 0 rings (SSSR count). The lowest BCUT2D eigenvalue weighted by molar-refractivity contribution is -0.145. The van der Waals surface area contributed by atoms with Crippen molar-refractivity contribution < 1.29 is 31.9 Å². The third kappa shape index (κ3) is 8.10. The van der Waals surface area contributed by atoms with E-state index in [1.54, 1.807) is 5.32 Å². The van der Waals surface area contributed by atoms with Gasteiger partial charge in [0.15, 0.2) is 0 Å². The molecule has 0 aromatic rings. The molecule has 8 heteroatoms. The summed E-state index contributed by atoms with van der Waals surface area (Å²) in [7, 11) is 0. The van der Waals surface area contributed by atoms with Crippen LogP contribution in [0.1, 0.15) is 12.8 Å². The summed E-state index contributed by atoms with van der Waals surface area (Å²) in [6, 6.07) is 0. The smallest absolute Gasteiger partial charge is 0.389 e. The molecule has 0 unspecified atom stereocenters. The minimum absolute atomic E-state index is 0.898. The molecule has 0 aliphatic rings. The van der Waals surface area contributed by atoms with E-state index in [2.05, 4.69) is 0 Å². The summed E-state index contributed by atoms with van der Waals surface area (Å²) in [6.45, 7) is -2.63. The molecule has 0 saturated heterocycles. The van der Waals surface area contributed by atoms with E-state index in [9.17, 15) is 26.7 Å². The van der Waals surface area contributed by atoms with Crippen molar-refractivity contribution in [3.63, 3.8) is 0 Å². The summed E-state index contributed by atoms with van der Waals surface area (Å²) in [4.78, 5) is 10.6. The first-order valence-corrected chi connectivity index (χ1v) is 3.98. The Hall–Kier alpha value is -0.920. The van der Waals surface area contributed by atoms with Gasteiger partial charge in [-0.25, -0.2) is 8.78 Å². The Bertz CT molecular complexity index is 216. The number of aliphatic hydroxyl groups excluding tert-OH is 1. The van der Waals surface area contributed by atoms with E-state index < -0.39 is 44.0 Å². The highest BCUT2D eigenvalue weighted by molar-refractivity contribution is 5.75. The molecule has 2 N–H and O–H groups in total. The van der Waals surface area contributed by atoms with Crippen LogP contribution < -0.4 is 5.32 Å². The van der Waals surface area contributed by atoms with Crippen molar-refractivity contribution in [1.82, 2.24) is 5.32 Å². The molecule has 0 aromatic carbocycles. The van der Waals surface area contributed by atoms with Gasteiger partial charge in [0.05, 0.1) is 13.0 Å². The van der Waals surface area contributed by atoms with E-state index in [-0.39, 0.29) is 0 Å². The number of carbonyl (C=O) groups excluding carboxylic acids is 1. The number of amides is 1. The summed E-state index contributed by atoms with van der Waals surface area (Å²) < 4.78 is 59.4. The van der Waals surface area contributed by atoms with Crippen LogP contribution in [0.15, 0.2) is 0 Å². The zero-order chi connectivity index (χ0) is 12.1. The third-order valence-corrected chi connectivity index (χ3v) is 1.41. The SMILES string of the molecule is O=C(CCC(F)(F)F)NCC(F)(F)CO. The molecule has 0 aliphatic carbocycles. The molecular formula is C7H10F5NO2. The van der Waals surface area contributed by atoms with Gasteiger partial charge in [0.25, 0.3) is 5.92 Å². The zero-order valence-corrected chi connectivity index (χ0v) is 7.57. The van der Waals surface area contributed by atoms with Crippen molar-refractivity contribution >= 4 is 5.91 Å². The quantitative estimate of drug-likeness (QED) is 0.700. The number of aliphatic hydroxyl groups is 1. The van der Waals surface area contributed by atoms with Crippen molar-refractivity contribution in [2.45, 2.75) is 24.9 Å². The van der Waals surface area contributed by atoms with Gasteiger partial charge in [0.2, 0.25) is 5.91 Å². The van der Waals surface area contributed by atoms with Crippen molar-refractivity contribution in [3.05, 3.63) is 0 Å². The molecule has 0 fully saturated rings. The van der Waals surface area contributed by atoms with Gasteiger partial charge in [0, 0.05) is 6.42 Å². The Balaban J connectivity index is 3.77. The molecule has 0 aliphatic heterocycles. The molecule has 0 aromatic heterocycles. The maximum absolute atomic E-state index is 12.3. The highest BCUT2D eigenvalue weighted by Gasteiger charge is 2.30. The van der Waals surface area contributed by atoms with Gasteiger partial charge in [-0.05, 0) is 0 Å². The van der Waals surface area contributed by atoms with E-state index in [0.717, 1.165) is 0 Å². The van der Waals surface area contributed by atoms with Crippen LogP contribution in [0.2, 0.25) is 0 Å². The number of hydrogen-bond donors (Lipinski definition) is 2. The van der Waals surface area contributed by atoms with Gasteiger partial charge in [-0.3, -0.25) is 4.79 Å². The molecule has 3 nitrogen and oxygen atoms in total. The van der Waals surface area contributed by atoms with Crippen LogP contribution in [0.4, 0.5) is 22.0 Å². The van der Waals surface area contributed by atoms with E-state index in [1.807, 2.05) is 0 Å². The Morgan fingerprint density at radius 1 is 1.20 bits per heavy atom. The zero-order valence-electron chi connectivity index (χ0n) is 7.57. The Morgan fingerprint density at radius 2 is 1.73 bits per heavy atom. The number of rotatable bonds is 5. The predicted octanol–water partition coefficient (Wildman–Crippen LogP) is 1.07. The maximum atomic E-state index is 12.3. The van der Waals surface area contributed by atoms with Crippen LogP contribution in [0, 0.1) is 0 Å². The highest BCUT2D eigenvalue weighted by atomic mass is 19.4. The molecular weight excluding hydrogens is 225 g/mol. The number of carbonyl (C=O) groups is 1. The molecule has 90 valence electrons. The van der Waals surface area contributed by atoms with Gasteiger partial charge in [-0.1, -0.05) is 0 Å². The first-order chi connectivity index (χ1) is 6.66. The topological polar surface area (TPSA) is 49.3 Å². The summed E-state index contributed by atoms with van der Waals surface area (Å²) in [6.07, 6.45) is -6.74. The maximum Gasteiger partial charge on any atom is 0.389 e. The summed E-state index contributed by atoms with van der Waals surface area (Å²) in [5, 5.41) is 9.68. The second kappa shape index (κ2) is 5.24. The van der Waals surface area contributed by atoms with Crippen LogP contribution in [0.3, 0.4) is 0 Å². The van der Waals surface area contributed by atoms with E-state index >= 15 is 0 Å². The molecule has 0 saturated carbocycles. The third-order valence-electron chi connectivity index (χ3n) is 1.41. The highest BCUT2D eigenvalue weighted by Crippen LogP contribution is 2.21. The normalized spacial score (nSPS) is 12.7. The van der Waals surface area contributed by atoms with E-state index in [0.29, 0.717) is 0 Å². The lowest BCUT2D eigenvalue weighted by Crippen LogP contribution is -2.39. The fourth-order valence-corrected chi connectivity index (χ4v) is 0.627. The lowest BCUT2D eigenvalue weighted by atomic mass is 10.3. The standard InChI is InChI=1S/C7H10F5NO2/c8-6(9,4-14)3-13-5(15)1-2-7(10,11)12/h14H,1-4H2,(H,13,15). The molecule has 0 spiro atoms. The molecule has 0 bridgehead atoms. The van der Waals surface area contributed by atoms with Gasteiger partial charge >= 0.3 is 6.18 Å². The molecule has 1 amide bonds. The van der Waals surface area contributed by atoms with Crippen LogP contribution >= 0.6 is 0 Å². The first kappa shape index (κ1) is 14.1. The van der Waals surface area contributed by atoms with Gasteiger partial charge in [-0.15, -0.1) is 0 Å². The van der Waals surface area contributed by atoms with Crippen molar-refractivity contribution in [2.75, 3.05) is 13.2 Å². The summed E-state index contributed by atoms with van der Waals surface area (Å²) in [5.74, 6) is -4.63. The number of alkyl halides is 5. The largest absolute Gasteiger partial charge is 0.390 e. The molecule has 0 atom stereocenters. The summed E-state index contributed by atoms with van der Waals surface area (Å²) >= 11 is 0. The minimum Gasteiger partial charge on any atom is -0.390 e. The minimum atomic E-state index is -4.49. The molecule has 0 heterocycles. The van der Waals surface area contributed by atoms with Crippen molar-refractivity contribution in [1.29, 1.82) is 0 Å². The monoisotopic (exact) mass is 235 g/mol. The van der Waals surface area contributed by atoms with Gasteiger partial charge in [-0.2, -0.15) is 13.2 Å². The van der Waals surface area contributed by atoms with Crippen LogP contribution in [-0.2, 0) is 4.79 Å². The fourth-order valence-electron chi connectivity index (χ4n) is 0.627. The van der Waals surface area contributed by atoms with Crippen LogP contribution in [0.25, 0.3) is 0 Å². The average molecular weight is 235 g/mol. The number of halogens is 5. The average Bonchev–Trinajstić information content (AvgIpc) is 2.10. The van der Waals surface area contributed by atoms with Crippen molar-refractivity contribution in [2.24, 2.45) is 0 Å². The summed E-state index contributed by atoms with van der Waals surface area (Å²) in [5.41, 5.74) is 0. The Morgan fingerprint density at radius 3 is 2.13 bits per heavy atom. The predicted molar refractivity (Wildman–Crippen MR) is 40.3 cm³/mol. The van der Waals surface area contributed by atoms with Gasteiger partial charge < -0.3 is 10.4 Å². The number of hydrogen-bond acceptors (Lipinski definition) is 2. The van der Waals surface area contributed by atoms with E-state index in [1.165, 1.54) is 0 Å². The van der Waals surface area contributed by atoms with Crippen LogP contribution in [0.5, 0.6) is 0 Å². The van der Waals surface area contributed by atoms with Crippen molar-refractivity contribution in [3.8, 4) is 0 Å². The second-order valence-electron chi connectivity index (χ2n) is 2.91. The Labute approximate surface area is 82.3 Å². The van der Waals surface area contributed by atoms with Gasteiger partial charge in [0.1, 0.15) is 6.61 Å². The Kier molecular flexibility index (Phi) is 4.92. The molecule has 0 radical (unpaired) electrons.